The average Bonchev–Trinajstić information content (AvgIpc) is 2.47. The summed E-state index contributed by atoms with van der Waals surface area (Å²) in [6.07, 6.45) is -2.02. The van der Waals surface area contributed by atoms with Gasteiger partial charge >= 0.3 is 6.18 Å². The second-order valence-electron chi connectivity index (χ2n) is 2.61. The van der Waals surface area contributed by atoms with E-state index in [0.717, 1.165) is 5.56 Å². The lowest BCUT2D eigenvalue weighted by Crippen LogP contribution is -2.12. The smallest absolute Gasteiger partial charge is 0.272 e. The Morgan fingerprint density at radius 3 is 2.62 bits per heavy atom. The normalized spacial score (nSPS) is 12.0. The minimum absolute atomic E-state index is 0.152. The van der Waals surface area contributed by atoms with Gasteiger partial charge in [-0.25, -0.2) is 0 Å². The molecular weight excluding hydrogens is 205 g/mol. The molecule has 2 nitrogen and oxygen atoms in total. The van der Waals surface area contributed by atoms with Crippen LogP contribution in [-0.2, 0) is 12.4 Å². The first-order chi connectivity index (χ1) is 6.01. The molecule has 0 aliphatic rings. The lowest BCUT2D eigenvalue weighted by Gasteiger charge is -2.05. The van der Waals surface area contributed by atoms with Crippen LogP contribution >= 0.6 is 11.6 Å². The van der Waals surface area contributed by atoms with Gasteiger partial charge in [-0.1, -0.05) is 0 Å². The van der Waals surface area contributed by atoms with Crippen LogP contribution in [0.1, 0.15) is 12.0 Å². The van der Waals surface area contributed by atoms with Crippen LogP contribution in [0.15, 0.2) is 12.4 Å². The molecule has 13 heavy (non-hydrogen) atoms. The molecule has 0 aromatic carbocycles. The van der Waals surface area contributed by atoms with Crippen molar-refractivity contribution in [2.75, 3.05) is 0 Å². The van der Waals surface area contributed by atoms with Crippen molar-refractivity contribution in [3.05, 3.63) is 18.0 Å². The molecule has 6 heteroatoms. The molecule has 0 amide bonds. The molecule has 0 aliphatic heterocycles. The number of hydrogen-bond donors (Lipinski definition) is 0. The minimum Gasteiger partial charge on any atom is -0.272 e. The molecule has 1 heterocycles. The Morgan fingerprint density at radius 1 is 1.46 bits per heavy atom. The van der Waals surface area contributed by atoms with E-state index in [1.54, 1.807) is 0 Å². The van der Waals surface area contributed by atoms with Crippen LogP contribution in [0.4, 0.5) is 13.2 Å². The van der Waals surface area contributed by atoms with Crippen LogP contribution in [0.25, 0.3) is 0 Å². The molecule has 0 radical (unpaired) electrons. The topological polar surface area (TPSA) is 17.8 Å². The van der Waals surface area contributed by atoms with E-state index in [9.17, 15) is 13.2 Å². The van der Waals surface area contributed by atoms with Gasteiger partial charge in [0.2, 0.25) is 0 Å². The Morgan fingerprint density at radius 2 is 2.15 bits per heavy atom. The van der Waals surface area contributed by atoms with Gasteiger partial charge in [-0.05, 0) is 0 Å². The monoisotopic (exact) mass is 212 g/mol. The second-order valence-corrected chi connectivity index (χ2v) is 2.88. The molecule has 1 aromatic rings. The molecule has 1 rings (SSSR count). The van der Waals surface area contributed by atoms with Gasteiger partial charge in [0.15, 0.2) is 0 Å². The Hall–Kier alpha value is -0.710. The third kappa shape index (κ3) is 3.67. The number of aryl methyl sites for hydroxylation is 1. The highest BCUT2D eigenvalue weighted by molar-refractivity contribution is 6.17. The van der Waals surface area contributed by atoms with Crippen LogP contribution in [0.5, 0.6) is 0 Å². The van der Waals surface area contributed by atoms with Crippen molar-refractivity contribution in [1.29, 1.82) is 0 Å². The van der Waals surface area contributed by atoms with E-state index in [1.165, 1.54) is 17.1 Å². The van der Waals surface area contributed by atoms with E-state index in [2.05, 4.69) is 5.10 Å². The van der Waals surface area contributed by atoms with Crippen LogP contribution in [0, 0.1) is 0 Å². The third-order valence-corrected chi connectivity index (χ3v) is 1.77. The maximum atomic E-state index is 11.8. The van der Waals surface area contributed by atoms with Crippen molar-refractivity contribution in [1.82, 2.24) is 9.78 Å². The van der Waals surface area contributed by atoms with Crippen molar-refractivity contribution in [3.8, 4) is 0 Å². The highest BCUT2D eigenvalue weighted by Gasteiger charge is 2.26. The van der Waals surface area contributed by atoms with Crippen molar-refractivity contribution in [2.45, 2.75) is 25.0 Å². The summed E-state index contributed by atoms with van der Waals surface area (Å²) in [4.78, 5) is 0. The Bertz CT molecular complexity index is 269. The molecule has 0 spiro atoms. The Kier molecular flexibility index (Phi) is 3.19. The molecule has 0 saturated heterocycles. The zero-order chi connectivity index (χ0) is 9.90. The van der Waals surface area contributed by atoms with Gasteiger partial charge in [0.1, 0.15) is 0 Å². The third-order valence-electron chi connectivity index (χ3n) is 1.47. The standard InChI is InChI=1S/C7H8ClF3N2/c8-3-6-4-12-13(5-6)2-1-7(9,10)11/h4-5H,1-3H2. The van der Waals surface area contributed by atoms with E-state index >= 15 is 0 Å². The summed E-state index contributed by atoms with van der Waals surface area (Å²) in [5, 5.41) is 3.72. The number of rotatable bonds is 3. The fourth-order valence-electron chi connectivity index (χ4n) is 0.839. The van der Waals surface area contributed by atoms with E-state index in [4.69, 9.17) is 11.6 Å². The summed E-state index contributed by atoms with van der Waals surface area (Å²) in [6, 6.07) is 0. The fourth-order valence-corrected chi connectivity index (χ4v) is 0.977. The van der Waals surface area contributed by atoms with Crippen molar-refractivity contribution in [2.24, 2.45) is 0 Å². The van der Waals surface area contributed by atoms with E-state index in [1.807, 2.05) is 0 Å². The molecule has 0 aliphatic carbocycles. The van der Waals surface area contributed by atoms with E-state index in [-0.39, 0.29) is 12.4 Å². The lowest BCUT2D eigenvalue weighted by molar-refractivity contribution is -0.137. The minimum atomic E-state index is -4.13. The van der Waals surface area contributed by atoms with Gasteiger partial charge in [-0.15, -0.1) is 11.6 Å². The maximum absolute atomic E-state index is 11.8. The summed E-state index contributed by atoms with van der Waals surface area (Å²) >= 11 is 5.45. The largest absolute Gasteiger partial charge is 0.390 e. The molecule has 0 bridgehead atoms. The first-order valence-corrected chi connectivity index (χ1v) is 4.19. The first-order valence-electron chi connectivity index (χ1n) is 3.65. The molecule has 0 atom stereocenters. The maximum Gasteiger partial charge on any atom is 0.390 e. The molecule has 0 unspecified atom stereocenters. The van der Waals surface area contributed by atoms with Crippen LogP contribution < -0.4 is 0 Å². The van der Waals surface area contributed by atoms with Crippen molar-refractivity contribution >= 4 is 11.6 Å². The quantitative estimate of drug-likeness (QED) is 0.705. The van der Waals surface area contributed by atoms with Gasteiger partial charge in [0, 0.05) is 18.3 Å². The molecule has 0 N–H and O–H groups in total. The number of nitrogens with zero attached hydrogens (tertiary/aromatic N) is 2. The number of halogens is 4. The average molecular weight is 213 g/mol. The summed E-state index contributed by atoms with van der Waals surface area (Å²) < 4.78 is 36.5. The van der Waals surface area contributed by atoms with E-state index in [0.29, 0.717) is 0 Å². The molecule has 1 aromatic heterocycles. The highest BCUT2D eigenvalue weighted by atomic mass is 35.5. The van der Waals surface area contributed by atoms with Gasteiger partial charge < -0.3 is 0 Å². The van der Waals surface area contributed by atoms with Crippen molar-refractivity contribution < 1.29 is 13.2 Å². The van der Waals surface area contributed by atoms with Crippen LogP contribution in [0.3, 0.4) is 0 Å². The zero-order valence-electron chi connectivity index (χ0n) is 6.68. The number of aromatic nitrogens is 2. The first kappa shape index (κ1) is 10.4. The summed E-state index contributed by atoms with van der Waals surface area (Å²) in [7, 11) is 0. The predicted octanol–water partition coefficient (Wildman–Crippen LogP) is 2.57. The van der Waals surface area contributed by atoms with Crippen LogP contribution in [-0.4, -0.2) is 16.0 Å². The summed E-state index contributed by atoms with van der Waals surface area (Å²) in [5.74, 6) is 0.270. The SMILES string of the molecule is FC(F)(F)CCn1cc(CCl)cn1. The van der Waals surface area contributed by atoms with Gasteiger partial charge in [-0.2, -0.15) is 18.3 Å². The van der Waals surface area contributed by atoms with Crippen molar-refractivity contribution in [3.63, 3.8) is 0 Å². The van der Waals surface area contributed by atoms with Gasteiger partial charge in [-0.3, -0.25) is 4.68 Å². The number of hydrogen-bond acceptors (Lipinski definition) is 1. The second kappa shape index (κ2) is 4.00. The highest BCUT2D eigenvalue weighted by Crippen LogP contribution is 2.20. The Labute approximate surface area is 78.3 Å². The van der Waals surface area contributed by atoms with Gasteiger partial charge in [0.05, 0.1) is 18.5 Å². The molecule has 0 saturated carbocycles. The summed E-state index contributed by atoms with van der Waals surface area (Å²) in [5.41, 5.74) is 0.726. The molecule has 0 fully saturated rings. The lowest BCUT2D eigenvalue weighted by atomic mass is 10.4. The molecular formula is C7H8ClF3N2. The van der Waals surface area contributed by atoms with Crippen LogP contribution in [0.2, 0.25) is 0 Å². The van der Waals surface area contributed by atoms with Gasteiger partial charge in [0.25, 0.3) is 0 Å². The Balaban J connectivity index is 2.46. The number of alkyl halides is 4. The predicted molar refractivity (Wildman–Crippen MR) is 42.5 cm³/mol. The fraction of sp³-hybridized carbons (Fsp3) is 0.571. The molecule has 74 valence electrons. The summed E-state index contributed by atoms with van der Waals surface area (Å²) in [6.45, 7) is -0.152. The zero-order valence-corrected chi connectivity index (χ0v) is 7.44. The van der Waals surface area contributed by atoms with E-state index < -0.39 is 12.6 Å².